The minimum Gasteiger partial charge on any atom is -0.493 e. The molecule has 1 aliphatic rings. The van der Waals surface area contributed by atoms with E-state index in [1.165, 1.54) is 11.1 Å². The standard InChI is InChI=1S/C13H17Cl2NO2/c1-17-12-9(5-14)8-3-4-16-7-11(8)10(6-15)13(12)18-2/h16H,3-7H2,1-2H3. The molecule has 0 amide bonds. The molecule has 1 aliphatic heterocycles. The Morgan fingerprint density at radius 1 is 1.00 bits per heavy atom. The largest absolute Gasteiger partial charge is 0.493 e. The number of nitrogens with one attached hydrogen (secondary N) is 1. The summed E-state index contributed by atoms with van der Waals surface area (Å²) in [6.45, 7) is 1.76. The molecule has 1 heterocycles. The van der Waals surface area contributed by atoms with Crippen molar-refractivity contribution in [3.05, 3.63) is 22.3 Å². The number of alkyl halides is 2. The van der Waals surface area contributed by atoms with Crippen LogP contribution in [0.2, 0.25) is 0 Å². The van der Waals surface area contributed by atoms with Crippen LogP contribution in [0.4, 0.5) is 0 Å². The summed E-state index contributed by atoms with van der Waals surface area (Å²) in [5.74, 6) is 2.27. The van der Waals surface area contributed by atoms with Gasteiger partial charge in [0, 0.05) is 17.7 Å². The number of hydrogen-bond donors (Lipinski definition) is 1. The second-order valence-corrected chi connectivity index (χ2v) is 4.71. The Morgan fingerprint density at radius 3 is 2.06 bits per heavy atom. The van der Waals surface area contributed by atoms with E-state index in [1.54, 1.807) is 14.2 Å². The van der Waals surface area contributed by atoms with Crippen molar-refractivity contribution in [2.45, 2.75) is 24.7 Å². The summed E-state index contributed by atoms with van der Waals surface area (Å²) in [6, 6.07) is 0. The first-order chi connectivity index (χ1) is 8.78. The van der Waals surface area contributed by atoms with Crippen LogP contribution in [0.5, 0.6) is 11.5 Å². The van der Waals surface area contributed by atoms with Crippen molar-refractivity contribution >= 4 is 23.2 Å². The van der Waals surface area contributed by atoms with Gasteiger partial charge in [0.15, 0.2) is 11.5 Å². The van der Waals surface area contributed by atoms with Gasteiger partial charge in [-0.15, -0.1) is 23.2 Å². The maximum atomic E-state index is 6.08. The summed E-state index contributed by atoms with van der Waals surface area (Å²) in [7, 11) is 3.27. The topological polar surface area (TPSA) is 30.5 Å². The molecule has 0 atom stereocenters. The molecule has 1 aromatic carbocycles. The predicted molar refractivity (Wildman–Crippen MR) is 74.1 cm³/mol. The van der Waals surface area contributed by atoms with Crippen LogP contribution in [0.25, 0.3) is 0 Å². The lowest BCUT2D eigenvalue weighted by atomic mass is 9.90. The normalized spacial score (nSPS) is 14.2. The molecule has 5 heteroatoms. The molecule has 100 valence electrons. The average molecular weight is 290 g/mol. The van der Waals surface area contributed by atoms with Gasteiger partial charge in [-0.25, -0.2) is 0 Å². The zero-order valence-electron chi connectivity index (χ0n) is 10.6. The van der Waals surface area contributed by atoms with Crippen molar-refractivity contribution in [1.29, 1.82) is 0 Å². The molecule has 0 fully saturated rings. The third kappa shape index (κ3) is 2.15. The highest BCUT2D eigenvalue weighted by molar-refractivity contribution is 6.18. The Labute approximate surface area is 117 Å². The quantitative estimate of drug-likeness (QED) is 0.865. The van der Waals surface area contributed by atoms with E-state index in [4.69, 9.17) is 32.7 Å². The molecular weight excluding hydrogens is 273 g/mol. The van der Waals surface area contributed by atoms with E-state index < -0.39 is 0 Å². The van der Waals surface area contributed by atoms with Crippen LogP contribution in [-0.4, -0.2) is 20.8 Å². The Bertz CT molecular complexity index is 349. The van der Waals surface area contributed by atoms with Crippen LogP contribution in [0.15, 0.2) is 0 Å². The van der Waals surface area contributed by atoms with Crippen LogP contribution in [0, 0.1) is 0 Å². The number of rotatable bonds is 4. The molecule has 0 aliphatic carbocycles. The second-order valence-electron chi connectivity index (χ2n) is 4.17. The molecule has 0 unspecified atom stereocenters. The van der Waals surface area contributed by atoms with E-state index in [0.29, 0.717) is 17.5 Å². The zero-order chi connectivity index (χ0) is 13.1. The molecule has 0 radical (unpaired) electrons. The summed E-state index contributed by atoms with van der Waals surface area (Å²) < 4.78 is 10.9. The molecule has 18 heavy (non-hydrogen) atoms. The van der Waals surface area contributed by atoms with Gasteiger partial charge < -0.3 is 14.8 Å². The molecule has 1 aromatic rings. The second kappa shape index (κ2) is 6.00. The van der Waals surface area contributed by atoms with Crippen LogP contribution in [-0.2, 0) is 24.7 Å². The summed E-state index contributed by atoms with van der Waals surface area (Å²) in [4.78, 5) is 0. The Balaban J connectivity index is 2.74. The van der Waals surface area contributed by atoms with Crippen LogP contribution in [0.1, 0.15) is 22.3 Å². The van der Waals surface area contributed by atoms with Crippen LogP contribution < -0.4 is 14.8 Å². The van der Waals surface area contributed by atoms with E-state index in [-0.39, 0.29) is 0 Å². The van der Waals surface area contributed by atoms with Gasteiger partial charge in [0.05, 0.1) is 26.0 Å². The summed E-state index contributed by atoms with van der Waals surface area (Å²) >= 11 is 12.2. The van der Waals surface area contributed by atoms with Crippen molar-refractivity contribution in [1.82, 2.24) is 5.32 Å². The van der Waals surface area contributed by atoms with Crippen molar-refractivity contribution in [2.75, 3.05) is 20.8 Å². The van der Waals surface area contributed by atoms with Gasteiger partial charge in [-0.2, -0.15) is 0 Å². The fourth-order valence-electron chi connectivity index (χ4n) is 2.57. The molecule has 3 nitrogen and oxygen atoms in total. The fourth-order valence-corrected chi connectivity index (χ4v) is 3.13. The van der Waals surface area contributed by atoms with Crippen molar-refractivity contribution in [2.24, 2.45) is 0 Å². The number of halogens is 2. The van der Waals surface area contributed by atoms with Gasteiger partial charge in [-0.05, 0) is 24.1 Å². The molecule has 0 saturated carbocycles. The summed E-state index contributed by atoms with van der Waals surface area (Å²) in [5.41, 5.74) is 4.51. The van der Waals surface area contributed by atoms with Gasteiger partial charge in [-0.1, -0.05) is 0 Å². The molecule has 0 spiro atoms. The van der Waals surface area contributed by atoms with Gasteiger partial charge in [0.25, 0.3) is 0 Å². The van der Waals surface area contributed by atoms with Crippen molar-refractivity contribution in [3.63, 3.8) is 0 Å². The summed E-state index contributed by atoms with van der Waals surface area (Å²) in [6.07, 6.45) is 0.946. The molecule has 0 aromatic heterocycles. The average Bonchev–Trinajstić information content (AvgIpc) is 2.44. The van der Waals surface area contributed by atoms with E-state index >= 15 is 0 Å². The monoisotopic (exact) mass is 289 g/mol. The lowest BCUT2D eigenvalue weighted by molar-refractivity contribution is 0.348. The molecule has 0 saturated heterocycles. The first kappa shape index (κ1) is 13.8. The fraction of sp³-hybridized carbons (Fsp3) is 0.538. The number of benzene rings is 1. The Morgan fingerprint density at radius 2 is 1.56 bits per heavy atom. The Kier molecular flexibility index (Phi) is 4.60. The maximum absolute atomic E-state index is 6.08. The van der Waals surface area contributed by atoms with Crippen LogP contribution in [0.3, 0.4) is 0 Å². The molecular formula is C13H17Cl2NO2. The van der Waals surface area contributed by atoms with Gasteiger partial charge in [-0.3, -0.25) is 0 Å². The third-order valence-electron chi connectivity index (χ3n) is 3.38. The van der Waals surface area contributed by atoms with E-state index in [0.717, 1.165) is 36.4 Å². The molecule has 1 N–H and O–H groups in total. The maximum Gasteiger partial charge on any atom is 0.165 e. The highest BCUT2D eigenvalue weighted by Crippen LogP contribution is 2.42. The molecule has 2 rings (SSSR count). The zero-order valence-corrected chi connectivity index (χ0v) is 12.1. The van der Waals surface area contributed by atoms with E-state index in [2.05, 4.69) is 5.32 Å². The third-order valence-corrected chi connectivity index (χ3v) is 3.91. The highest BCUT2D eigenvalue weighted by Gasteiger charge is 2.25. The minimum atomic E-state index is 0.409. The highest BCUT2D eigenvalue weighted by atomic mass is 35.5. The number of fused-ring (bicyclic) bond motifs is 1. The van der Waals surface area contributed by atoms with Crippen molar-refractivity contribution < 1.29 is 9.47 Å². The molecule has 0 bridgehead atoms. The smallest absolute Gasteiger partial charge is 0.165 e. The Hall–Kier alpha value is -0.640. The van der Waals surface area contributed by atoms with E-state index in [1.807, 2.05) is 0 Å². The number of ether oxygens (including phenoxy) is 2. The predicted octanol–water partition coefficient (Wildman–Crippen LogP) is 2.83. The number of hydrogen-bond acceptors (Lipinski definition) is 3. The SMILES string of the molecule is COc1c(CCl)c2c(c(CCl)c1OC)CNCC2. The first-order valence-corrected chi connectivity index (χ1v) is 6.95. The van der Waals surface area contributed by atoms with Crippen LogP contribution >= 0.6 is 23.2 Å². The lowest BCUT2D eigenvalue weighted by Crippen LogP contribution is -2.26. The van der Waals surface area contributed by atoms with Crippen molar-refractivity contribution in [3.8, 4) is 11.5 Å². The minimum absolute atomic E-state index is 0.409. The lowest BCUT2D eigenvalue weighted by Gasteiger charge is -2.26. The number of methoxy groups -OCH3 is 2. The summed E-state index contributed by atoms with van der Waals surface area (Å²) in [5, 5.41) is 3.36. The van der Waals surface area contributed by atoms with E-state index in [9.17, 15) is 0 Å². The van der Waals surface area contributed by atoms with Gasteiger partial charge in [0.1, 0.15) is 0 Å². The van der Waals surface area contributed by atoms with Gasteiger partial charge in [0.2, 0.25) is 0 Å². The first-order valence-electron chi connectivity index (χ1n) is 5.88. The van der Waals surface area contributed by atoms with Gasteiger partial charge >= 0.3 is 0 Å².